The minimum Gasteiger partial charge on any atom is -0.399 e. The molecule has 0 saturated carbocycles. The molecule has 0 bridgehead atoms. The van der Waals surface area contributed by atoms with Gasteiger partial charge in [-0.15, -0.1) is 0 Å². The second-order valence-corrected chi connectivity index (χ2v) is 5.87. The number of rotatable bonds is 5. The summed E-state index contributed by atoms with van der Waals surface area (Å²) in [6.45, 7) is 1.72. The Labute approximate surface area is 115 Å². The van der Waals surface area contributed by atoms with E-state index in [1.54, 1.807) is 6.92 Å². The normalized spacial score (nSPS) is 11.7. The Morgan fingerprint density at radius 1 is 1.40 bits per heavy atom. The van der Waals surface area contributed by atoms with Crippen LogP contribution in [-0.4, -0.2) is 25.1 Å². The largest absolute Gasteiger partial charge is 0.399 e. The maximum absolute atomic E-state index is 13.1. The summed E-state index contributed by atoms with van der Waals surface area (Å²) in [6, 6.07) is 3.12. The van der Waals surface area contributed by atoms with Crippen molar-refractivity contribution < 1.29 is 17.3 Å². The number of nitrogens with two attached hydrogens (primary N) is 1. The van der Waals surface area contributed by atoms with Crippen molar-refractivity contribution >= 4 is 15.7 Å². The van der Waals surface area contributed by atoms with E-state index in [1.165, 1.54) is 6.07 Å². The van der Waals surface area contributed by atoms with Crippen LogP contribution in [0, 0.1) is 12.7 Å². The molecule has 0 atom stereocenters. The minimum atomic E-state index is -3.83. The third kappa shape index (κ3) is 3.52. The molecule has 3 N–H and O–H groups in total. The highest BCUT2D eigenvalue weighted by molar-refractivity contribution is 7.89. The van der Waals surface area contributed by atoms with Crippen molar-refractivity contribution in [2.45, 2.75) is 18.2 Å². The third-order valence-corrected chi connectivity index (χ3v) is 3.84. The van der Waals surface area contributed by atoms with E-state index >= 15 is 0 Å². The maximum atomic E-state index is 13.1. The number of anilines is 1. The number of halogens is 1. The number of aryl methyl sites for hydroxylation is 1. The van der Waals surface area contributed by atoms with E-state index in [4.69, 9.17) is 10.3 Å². The van der Waals surface area contributed by atoms with Gasteiger partial charge in [0.15, 0.2) is 5.82 Å². The average molecular weight is 300 g/mol. The monoisotopic (exact) mass is 300 g/mol. The Kier molecular flexibility index (Phi) is 4.00. The molecule has 1 aromatic carbocycles. The predicted molar refractivity (Wildman–Crippen MR) is 68.7 cm³/mol. The molecule has 0 saturated heterocycles. The summed E-state index contributed by atoms with van der Waals surface area (Å²) in [5, 5.41) is 3.58. The molecule has 0 amide bonds. The van der Waals surface area contributed by atoms with E-state index in [0.717, 1.165) is 12.1 Å². The highest BCUT2D eigenvalue weighted by Gasteiger charge is 2.16. The summed E-state index contributed by atoms with van der Waals surface area (Å²) in [4.78, 5) is 3.71. The summed E-state index contributed by atoms with van der Waals surface area (Å²) in [7, 11) is -3.83. The second kappa shape index (κ2) is 5.55. The van der Waals surface area contributed by atoms with Crippen LogP contribution in [0.5, 0.6) is 0 Å². The van der Waals surface area contributed by atoms with Crippen LogP contribution in [0.25, 0.3) is 0 Å². The average Bonchev–Trinajstić information content (AvgIpc) is 2.73. The summed E-state index contributed by atoms with van der Waals surface area (Å²) in [5.74, 6) is 0.0858. The smallest absolute Gasteiger partial charge is 0.240 e. The summed E-state index contributed by atoms with van der Waals surface area (Å²) in [5.41, 5.74) is 5.45. The molecule has 2 aromatic rings. The molecule has 1 aromatic heterocycles. The van der Waals surface area contributed by atoms with Crippen molar-refractivity contribution in [1.82, 2.24) is 14.9 Å². The molecular weight excluding hydrogens is 287 g/mol. The highest BCUT2D eigenvalue weighted by Crippen LogP contribution is 2.15. The Bertz CT molecular complexity index is 694. The van der Waals surface area contributed by atoms with Crippen molar-refractivity contribution in [2.24, 2.45) is 0 Å². The molecule has 1 heterocycles. The lowest BCUT2D eigenvalue weighted by Crippen LogP contribution is -2.26. The lowest BCUT2D eigenvalue weighted by molar-refractivity contribution is 0.375. The second-order valence-electron chi connectivity index (χ2n) is 4.10. The first kappa shape index (κ1) is 14.4. The summed E-state index contributed by atoms with van der Waals surface area (Å²) >= 11 is 0. The predicted octanol–water partition coefficient (Wildman–Crippen LogP) is 0.620. The lowest BCUT2D eigenvalue weighted by atomic mass is 10.3. The van der Waals surface area contributed by atoms with Crippen molar-refractivity contribution in [3.05, 3.63) is 35.7 Å². The van der Waals surface area contributed by atoms with Crippen molar-refractivity contribution in [3.8, 4) is 0 Å². The fourth-order valence-electron chi connectivity index (χ4n) is 1.56. The standard InChI is InChI=1S/C11H13FN4O3S/c1-7-15-11(19-16-7)2-3-14-20(17,18)10-5-8(12)4-9(13)6-10/h4-6,14H,2-3,13H2,1H3. The van der Waals surface area contributed by atoms with Crippen LogP contribution < -0.4 is 10.5 Å². The van der Waals surface area contributed by atoms with Gasteiger partial charge in [0.05, 0.1) is 4.90 Å². The number of nitrogens with zero attached hydrogens (tertiary/aromatic N) is 2. The van der Waals surface area contributed by atoms with Crippen molar-refractivity contribution in [1.29, 1.82) is 0 Å². The SMILES string of the molecule is Cc1noc(CCNS(=O)(=O)c2cc(N)cc(F)c2)n1. The van der Waals surface area contributed by atoms with E-state index in [1.807, 2.05) is 0 Å². The van der Waals surface area contributed by atoms with Gasteiger partial charge in [0.2, 0.25) is 15.9 Å². The van der Waals surface area contributed by atoms with Crippen molar-refractivity contribution in [3.63, 3.8) is 0 Å². The van der Waals surface area contributed by atoms with Crippen LogP contribution in [0.4, 0.5) is 10.1 Å². The first-order chi connectivity index (χ1) is 9.37. The number of nitrogen functional groups attached to an aromatic ring is 1. The molecule has 0 fully saturated rings. The number of aromatic nitrogens is 2. The zero-order valence-electron chi connectivity index (χ0n) is 10.6. The number of nitrogens with one attached hydrogen (secondary N) is 1. The molecule has 108 valence electrons. The van der Waals surface area contributed by atoms with E-state index < -0.39 is 15.8 Å². The first-order valence-corrected chi connectivity index (χ1v) is 7.20. The number of benzene rings is 1. The molecule has 0 spiro atoms. The zero-order valence-corrected chi connectivity index (χ0v) is 11.4. The Hall–Kier alpha value is -2.00. The van der Waals surface area contributed by atoms with E-state index in [0.29, 0.717) is 11.7 Å². The quantitative estimate of drug-likeness (QED) is 0.783. The zero-order chi connectivity index (χ0) is 14.8. The molecule has 2 rings (SSSR count). The van der Waals surface area contributed by atoms with Crippen LogP contribution in [0.3, 0.4) is 0 Å². The van der Waals surface area contributed by atoms with Gasteiger partial charge in [-0.3, -0.25) is 0 Å². The Morgan fingerprint density at radius 3 is 2.75 bits per heavy atom. The summed E-state index contributed by atoms with van der Waals surface area (Å²) < 4.78 is 44.2. The van der Waals surface area contributed by atoms with Gasteiger partial charge >= 0.3 is 0 Å². The third-order valence-electron chi connectivity index (χ3n) is 2.40. The van der Waals surface area contributed by atoms with E-state index in [-0.39, 0.29) is 23.5 Å². The number of hydrogen-bond donors (Lipinski definition) is 2. The van der Waals surface area contributed by atoms with Crippen LogP contribution in [-0.2, 0) is 16.4 Å². The Morgan fingerprint density at radius 2 is 2.15 bits per heavy atom. The fourth-order valence-corrected chi connectivity index (χ4v) is 2.65. The summed E-state index contributed by atoms with van der Waals surface area (Å²) in [6.07, 6.45) is 0.241. The van der Waals surface area contributed by atoms with Crippen LogP contribution in [0.1, 0.15) is 11.7 Å². The number of sulfonamides is 1. The van der Waals surface area contributed by atoms with Gasteiger partial charge in [0.25, 0.3) is 0 Å². The molecule has 0 aliphatic carbocycles. The van der Waals surface area contributed by atoms with Gasteiger partial charge in [0, 0.05) is 18.7 Å². The minimum absolute atomic E-state index is 0.0397. The van der Waals surface area contributed by atoms with Crippen LogP contribution in [0.15, 0.2) is 27.6 Å². The molecule has 20 heavy (non-hydrogen) atoms. The number of hydrogen-bond acceptors (Lipinski definition) is 6. The van der Waals surface area contributed by atoms with Crippen LogP contribution in [0.2, 0.25) is 0 Å². The molecule has 7 nitrogen and oxygen atoms in total. The highest BCUT2D eigenvalue weighted by atomic mass is 32.2. The van der Waals surface area contributed by atoms with Gasteiger partial charge in [-0.2, -0.15) is 4.98 Å². The van der Waals surface area contributed by atoms with Gasteiger partial charge < -0.3 is 10.3 Å². The topological polar surface area (TPSA) is 111 Å². The molecular formula is C11H13FN4O3S. The molecule has 0 unspecified atom stereocenters. The molecule has 0 radical (unpaired) electrons. The van der Waals surface area contributed by atoms with E-state index in [9.17, 15) is 12.8 Å². The Balaban J connectivity index is 2.03. The van der Waals surface area contributed by atoms with E-state index in [2.05, 4.69) is 14.9 Å². The van der Waals surface area contributed by atoms with Crippen LogP contribution >= 0.6 is 0 Å². The van der Waals surface area contributed by atoms with Gasteiger partial charge in [-0.25, -0.2) is 17.5 Å². The first-order valence-electron chi connectivity index (χ1n) is 5.72. The molecule has 9 heteroatoms. The molecule has 0 aliphatic heterocycles. The molecule has 0 aliphatic rings. The van der Waals surface area contributed by atoms with Gasteiger partial charge in [-0.05, 0) is 25.1 Å². The van der Waals surface area contributed by atoms with Gasteiger partial charge in [0.1, 0.15) is 5.82 Å². The fraction of sp³-hybridized carbons (Fsp3) is 0.273. The van der Waals surface area contributed by atoms with Crippen molar-refractivity contribution in [2.75, 3.05) is 12.3 Å². The lowest BCUT2D eigenvalue weighted by Gasteiger charge is -2.06. The maximum Gasteiger partial charge on any atom is 0.240 e. The van der Waals surface area contributed by atoms with Gasteiger partial charge in [-0.1, -0.05) is 5.16 Å².